The van der Waals surface area contributed by atoms with Crippen molar-refractivity contribution in [2.45, 2.75) is 13.3 Å². The minimum absolute atomic E-state index is 0.00475. The van der Waals surface area contributed by atoms with Gasteiger partial charge >= 0.3 is 0 Å². The third-order valence-corrected chi connectivity index (χ3v) is 3.40. The SMILES string of the molecule is CC(=O)c1ccc(NC(=O)Cc2cccc3c2OCO3)cc1. The highest BCUT2D eigenvalue weighted by Crippen LogP contribution is 2.35. The van der Waals surface area contributed by atoms with Crippen LogP contribution in [-0.4, -0.2) is 18.5 Å². The maximum Gasteiger partial charge on any atom is 0.231 e. The van der Waals surface area contributed by atoms with E-state index in [1.165, 1.54) is 6.92 Å². The number of nitrogens with one attached hydrogen (secondary N) is 1. The van der Waals surface area contributed by atoms with Crippen LogP contribution in [-0.2, 0) is 11.2 Å². The summed E-state index contributed by atoms with van der Waals surface area (Å²) in [4.78, 5) is 23.3. The molecule has 0 unspecified atom stereocenters. The largest absolute Gasteiger partial charge is 0.454 e. The molecule has 0 aliphatic carbocycles. The van der Waals surface area contributed by atoms with Crippen molar-refractivity contribution < 1.29 is 19.1 Å². The van der Waals surface area contributed by atoms with Crippen molar-refractivity contribution in [3.05, 3.63) is 53.6 Å². The maximum atomic E-state index is 12.1. The predicted molar refractivity (Wildman–Crippen MR) is 81.3 cm³/mol. The lowest BCUT2D eigenvalue weighted by atomic mass is 10.1. The Morgan fingerprint density at radius 3 is 2.59 bits per heavy atom. The van der Waals surface area contributed by atoms with Gasteiger partial charge in [0.05, 0.1) is 6.42 Å². The zero-order valence-electron chi connectivity index (χ0n) is 12.1. The number of ether oxygens (including phenoxy) is 2. The Labute approximate surface area is 127 Å². The summed E-state index contributed by atoms with van der Waals surface area (Å²) in [5, 5.41) is 2.80. The molecule has 1 aliphatic rings. The van der Waals surface area contributed by atoms with Gasteiger partial charge in [-0.1, -0.05) is 12.1 Å². The van der Waals surface area contributed by atoms with Gasteiger partial charge in [0.1, 0.15) is 0 Å². The van der Waals surface area contributed by atoms with Crippen LogP contribution >= 0.6 is 0 Å². The van der Waals surface area contributed by atoms with Gasteiger partial charge in [0.2, 0.25) is 12.7 Å². The number of carbonyl (C=O) groups is 2. The molecule has 112 valence electrons. The van der Waals surface area contributed by atoms with Crippen LogP contribution in [0, 0.1) is 0 Å². The number of anilines is 1. The standard InChI is InChI=1S/C17H15NO4/c1-11(19)12-5-7-14(8-6-12)18-16(20)9-13-3-2-4-15-17(13)22-10-21-15/h2-8H,9-10H2,1H3,(H,18,20). The average molecular weight is 297 g/mol. The van der Waals surface area contributed by atoms with E-state index in [2.05, 4.69) is 5.32 Å². The van der Waals surface area contributed by atoms with Gasteiger partial charge in [-0.05, 0) is 37.3 Å². The Balaban J connectivity index is 1.68. The van der Waals surface area contributed by atoms with Gasteiger partial charge in [0.25, 0.3) is 0 Å². The molecule has 22 heavy (non-hydrogen) atoms. The van der Waals surface area contributed by atoms with Crippen molar-refractivity contribution in [1.29, 1.82) is 0 Å². The van der Waals surface area contributed by atoms with Crippen LogP contribution in [0.1, 0.15) is 22.8 Å². The topological polar surface area (TPSA) is 64.6 Å². The molecular formula is C17H15NO4. The van der Waals surface area contributed by atoms with Crippen molar-refractivity contribution in [2.24, 2.45) is 0 Å². The molecule has 0 fully saturated rings. The minimum atomic E-state index is -0.153. The van der Waals surface area contributed by atoms with Gasteiger partial charge in [-0.15, -0.1) is 0 Å². The maximum absolute atomic E-state index is 12.1. The van der Waals surface area contributed by atoms with Crippen LogP contribution < -0.4 is 14.8 Å². The molecule has 0 aromatic heterocycles. The van der Waals surface area contributed by atoms with Crippen molar-refractivity contribution >= 4 is 17.4 Å². The van der Waals surface area contributed by atoms with Crippen molar-refractivity contribution in [1.82, 2.24) is 0 Å². The minimum Gasteiger partial charge on any atom is -0.454 e. The second kappa shape index (κ2) is 5.89. The van der Waals surface area contributed by atoms with E-state index in [0.717, 1.165) is 5.56 Å². The lowest BCUT2D eigenvalue weighted by Gasteiger charge is -2.08. The number of benzene rings is 2. The van der Waals surface area contributed by atoms with Crippen LogP contribution in [0.5, 0.6) is 11.5 Å². The first-order chi connectivity index (χ1) is 10.6. The van der Waals surface area contributed by atoms with Crippen molar-refractivity contribution in [3.8, 4) is 11.5 Å². The quantitative estimate of drug-likeness (QED) is 0.881. The summed E-state index contributed by atoms with van der Waals surface area (Å²) in [6, 6.07) is 12.3. The van der Waals surface area contributed by atoms with E-state index < -0.39 is 0 Å². The molecule has 0 spiro atoms. The first kappa shape index (κ1) is 14.1. The van der Waals surface area contributed by atoms with Crippen LogP contribution in [0.3, 0.4) is 0 Å². The van der Waals surface area contributed by atoms with E-state index in [-0.39, 0.29) is 24.9 Å². The van der Waals surface area contributed by atoms with E-state index in [1.54, 1.807) is 24.3 Å². The van der Waals surface area contributed by atoms with Crippen molar-refractivity contribution in [3.63, 3.8) is 0 Å². The summed E-state index contributed by atoms with van der Waals surface area (Å²) in [5.41, 5.74) is 2.05. The monoisotopic (exact) mass is 297 g/mol. The molecule has 0 saturated heterocycles. The Bertz CT molecular complexity index is 722. The van der Waals surface area contributed by atoms with Crippen LogP contribution in [0.4, 0.5) is 5.69 Å². The highest BCUT2D eigenvalue weighted by atomic mass is 16.7. The van der Waals surface area contributed by atoms with E-state index in [9.17, 15) is 9.59 Å². The van der Waals surface area contributed by atoms with E-state index in [0.29, 0.717) is 22.7 Å². The first-order valence-corrected chi connectivity index (χ1v) is 6.92. The first-order valence-electron chi connectivity index (χ1n) is 6.92. The molecule has 2 aromatic rings. The van der Waals surface area contributed by atoms with Gasteiger partial charge in [-0.3, -0.25) is 9.59 Å². The lowest BCUT2D eigenvalue weighted by Crippen LogP contribution is -2.14. The van der Waals surface area contributed by atoms with E-state index in [1.807, 2.05) is 18.2 Å². The number of para-hydroxylation sites is 1. The highest BCUT2D eigenvalue weighted by molar-refractivity contribution is 5.96. The molecule has 1 heterocycles. The molecule has 1 aliphatic heterocycles. The summed E-state index contributed by atoms with van der Waals surface area (Å²) in [6.45, 7) is 1.69. The molecule has 1 N–H and O–H groups in total. The normalized spacial score (nSPS) is 12.0. The molecule has 0 radical (unpaired) electrons. The molecule has 5 heteroatoms. The molecule has 5 nitrogen and oxygen atoms in total. The molecule has 3 rings (SSSR count). The fourth-order valence-electron chi connectivity index (χ4n) is 2.30. The number of fused-ring (bicyclic) bond motifs is 1. The molecule has 0 saturated carbocycles. The lowest BCUT2D eigenvalue weighted by molar-refractivity contribution is -0.115. The summed E-state index contributed by atoms with van der Waals surface area (Å²) in [5.74, 6) is 1.13. The smallest absolute Gasteiger partial charge is 0.231 e. The second-order valence-corrected chi connectivity index (χ2v) is 5.01. The van der Waals surface area contributed by atoms with Gasteiger partial charge in [0, 0.05) is 16.8 Å². The Kier molecular flexibility index (Phi) is 3.78. The van der Waals surface area contributed by atoms with Crippen LogP contribution in [0.25, 0.3) is 0 Å². The summed E-state index contributed by atoms with van der Waals surface area (Å²) >= 11 is 0. The number of hydrogen-bond acceptors (Lipinski definition) is 4. The summed E-state index contributed by atoms with van der Waals surface area (Å²) < 4.78 is 10.7. The number of amides is 1. The zero-order chi connectivity index (χ0) is 15.5. The second-order valence-electron chi connectivity index (χ2n) is 5.01. The Morgan fingerprint density at radius 1 is 1.09 bits per heavy atom. The number of carbonyl (C=O) groups excluding carboxylic acids is 2. The van der Waals surface area contributed by atoms with E-state index >= 15 is 0 Å². The van der Waals surface area contributed by atoms with E-state index in [4.69, 9.17) is 9.47 Å². The summed E-state index contributed by atoms with van der Waals surface area (Å²) in [6.07, 6.45) is 0.195. The van der Waals surface area contributed by atoms with Gasteiger partial charge in [0.15, 0.2) is 17.3 Å². The summed E-state index contributed by atoms with van der Waals surface area (Å²) in [7, 11) is 0. The molecule has 0 atom stereocenters. The number of hydrogen-bond donors (Lipinski definition) is 1. The number of rotatable bonds is 4. The highest BCUT2D eigenvalue weighted by Gasteiger charge is 2.18. The third kappa shape index (κ3) is 2.93. The average Bonchev–Trinajstić information content (AvgIpc) is 2.97. The molecule has 1 amide bonds. The van der Waals surface area contributed by atoms with Crippen molar-refractivity contribution in [2.75, 3.05) is 12.1 Å². The Hall–Kier alpha value is -2.82. The number of ketones is 1. The zero-order valence-corrected chi connectivity index (χ0v) is 12.1. The van der Waals surface area contributed by atoms with Gasteiger partial charge < -0.3 is 14.8 Å². The molecule has 2 aromatic carbocycles. The van der Waals surface area contributed by atoms with Gasteiger partial charge in [-0.25, -0.2) is 0 Å². The van der Waals surface area contributed by atoms with Crippen LogP contribution in [0.2, 0.25) is 0 Å². The Morgan fingerprint density at radius 2 is 1.86 bits per heavy atom. The van der Waals surface area contributed by atoms with Gasteiger partial charge in [-0.2, -0.15) is 0 Å². The molecular weight excluding hydrogens is 282 g/mol. The fraction of sp³-hybridized carbons (Fsp3) is 0.176. The number of Topliss-reactive ketones (excluding diaryl/α,β-unsaturated/α-hetero) is 1. The van der Waals surface area contributed by atoms with Crippen LogP contribution in [0.15, 0.2) is 42.5 Å². The fourth-order valence-corrected chi connectivity index (χ4v) is 2.30. The predicted octanol–water partition coefficient (Wildman–Crippen LogP) is 2.80. The third-order valence-electron chi connectivity index (χ3n) is 3.40. The molecule has 0 bridgehead atoms.